The van der Waals surface area contributed by atoms with Gasteiger partial charge in [0.1, 0.15) is 5.92 Å². The van der Waals surface area contributed by atoms with E-state index < -0.39 is 5.92 Å². The third kappa shape index (κ3) is 2.78. The molecule has 1 saturated carbocycles. The van der Waals surface area contributed by atoms with Gasteiger partial charge in [-0.3, -0.25) is 4.79 Å². The van der Waals surface area contributed by atoms with Gasteiger partial charge < -0.3 is 0 Å². The SMILES string of the molecule is CC1(C(=O)C(C#N)c2ccc(Cl)c(Cl)c2)CCCC1. The molecule has 0 bridgehead atoms. The van der Waals surface area contributed by atoms with Crippen molar-refractivity contribution in [2.24, 2.45) is 5.41 Å². The molecular weight excluding hydrogens is 281 g/mol. The van der Waals surface area contributed by atoms with E-state index in [1.807, 2.05) is 6.92 Å². The highest BCUT2D eigenvalue weighted by Crippen LogP contribution is 2.42. The molecule has 2 rings (SSSR count). The molecule has 1 aromatic carbocycles. The lowest BCUT2D eigenvalue weighted by Gasteiger charge is -2.24. The molecule has 0 saturated heterocycles. The molecule has 0 N–H and O–H groups in total. The van der Waals surface area contributed by atoms with Gasteiger partial charge in [0.15, 0.2) is 5.78 Å². The second kappa shape index (κ2) is 5.53. The van der Waals surface area contributed by atoms with Gasteiger partial charge in [-0.05, 0) is 30.5 Å². The maximum atomic E-state index is 12.6. The number of carbonyl (C=O) groups is 1. The summed E-state index contributed by atoms with van der Waals surface area (Å²) in [5.74, 6) is -0.747. The van der Waals surface area contributed by atoms with Gasteiger partial charge in [-0.1, -0.05) is 49.0 Å². The van der Waals surface area contributed by atoms with E-state index >= 15 is 0 Å². The van der Waals surface area contributed by atoms with Crippen molar-refractivity contribution in [3.8, 4) is 6.07 Å². The summed E-state index contributed by atoms with van der Waals surface area (Å²) in [4.78, 5) is 12.6. The Bertz CT molecular complexity index is 542. The Morgan fingerprint density at radius 2 is 1.95 bits per heavy atom. The molecule has 19 heavy (non-hydrogen) atoms. The maximum absolute atomic E-state index is 12.6. The molecule has 0 aliphatic heterocycles. The fourth-order valence-corrected chi connectivity index (χ4v) is 3.03. The molecule has 2 nitrogen and oxygen atoms in total. The van der Waals surface area contributed by atoms with Gasteiger partial charge in [0.25, 0.3) is 0 Å². The molecule has 1 fully saturated rings. The lowest BCUT2D eigenvalue weighted by atomic mass is 9.76. The van der Waals surface area contributed by atoms with Crippen molar-refractivity contribution >= 4 is 29.0 Å². The van der Waals surface area contributed by atoms with Crippen molar-refractivity contribution in [1.29, 1.82) is 5.26 Å². The van der Waals surface area contributed by atoms with E-state index in [4.69, 9.17) is 23.2 Å². The fourth-order valence-electron chi connectivity index (χ4n) is 2.73. The number of halogens is 2. The summed E-state index contributed by atoms with van der Waals surface area (Å²) in [7, 11) is 0. The van der Waals surface area contributed by atoms with E-state index in [0.717, 1.165) is 25.7 Å². The number of ketones is 1. The van der Waals surface area contributed by atoms with Crippen LogP contribution in [-0.4, -0.2) is 5.78 Å². The van der Waals surface area contributed by atoms with Crippen molar-refractivity contribution in [1.82, 2.24) is 0 Å². The van der Waals surface area contributed by atoms with E-state index in [0.29, 0.717) is 15.6 Å². The van der Waals surface area contributed by atoms with Gasteiger partial charge in [-0.2, -0.15) is 5.26 Å². The molecule has 0 aromatic heterocycles. The minimum absolute atomic E-state index is 0.00545. The molecular formula is C15H15Cl2NO. The van der Waals surface area contributed by atoms with E-state index in [1.54, 1.807) is 18.2 Å². The zero-order chi connectivity index (χ0) is 14.0. The first kappa shape index (κ1) is 14.4. The van der Waals surface area contributed by atoms with Crippen LogP contribution in [0.25, 0.3) is 0 Å². The molecule has 0 spiro atoms. The average Bonchev–Trinajstić information content (AvgIpc) is 2.83. The van der Waals surface area contributed by atoms with E-state index in [9.17, 15) is 10.1 Å². The number of nitriles is 1. The molecule has 0 amide bonds. The lowest BCUT2D eigenvalue weighted by molar-refractivity contribution is -0.128. The van der Waals surface area contributed by atoms with Crippen LogP contribution >= 0.6 is 23.2 Å². The minimum Gasteiger partial charge on any atom is -0.297 e. The van der Waals surface area contributed by atoms with Crippen LogP contribution in [-0.2, 0) is 4.79 Å². The van der Waals surface area contributed by atoms with E-state index in [-0.39, 0.29) is 11.2 Å². The van der Waals surface area contributed by atoms with Crippen LogP contribution in [0.1, 0.15) is 44.1 Å². The first-order chi connectivity index (χ1) is 8.98. The van der Waals surface area contributed by atoms with Crippen LogP contribution in [0.15, 0.2) is 18.2 Å². The number of hydrogen-bond acceptors (Lipinski definition) is 2. The topological polar surface area (TPSA) is 40.9 Å². The predicted molar refractivity (Wildman–Crippen MR) is 76.4 cm³/mol. The number of rotatable bonds is 3. The largest absolute Gasteiger partial charge is 0.297 e. The molecule has 0 heterocycles. The Balaban J connectivity index is 2.32. The van der Waals surface area contributed by atoms with Gasteiger partial charge in [0.05, 0.1) is 16.1 Å². The van der Waals surface area contributed by atoms with Gasteiger partial charge in [-0.15, -0.1) is 0 Å². The third-order valence-electron chi connectivity index (χ3n) is 3.97. The average molecular weight is 296 g/mol. The Labute approximate surface area is 123 Å². The van der Waals surface area contributed by atoms with Gasteiger partial charge in [-0.25, -0.2) is 0 Å². The van der Waals surface area contributed by atoms with Crippen LogP contribution in [0.2, 0.25) is 10.0 Å². The van der Waals surface area contributed by atoms with Crippen LogP contribution in [0.4, 0.5) is 0 Å². The van der Waals surface area contributed by atoms with Crippen molar-refractivity contribution in [2.75, 3.05) is 0 Å². The first-order valence-electron chi connectivity index (χ1n) is 6.37. The van der Waals surface area contributed by atoms with Gasteiger partial charge in [0, 0.05) is 5.41 Å². The zero-order valence-corrected chi connectivity index (χ0v) is 12.3. The monoisotopic (exact) mass is 295 g/mol. The van der Waals surface area contributed by atoms with Crippen molar-refractivity contribution < 1.29 is 4.79 Å². The molecule has 0 radical (unpaired) electrons. The number of hydrogen-bond donors (Lipinski definition) is 0. The third-order valence-corrected chi connectivity index (χ3v) is 4.71. The Hall–Kier alpha value is -1.04. The molecule has 1 aromatic rings. The molecule has 1 aliphatic carbocycles. The molecule has 1 unspecified atom stereocenters. The van der Waals surface area contributed by atoms with Crippen molar-refractivity contribution in [3.05, 3.63) is 33.8 Å². The maximum Gasteiger partial charge on any atom is 0.160 e. The van der Waals surface area contributed by atoms with Crippen LogP contribution in [0.3, 0.4) is 0 Å². The number of Topliss-reactive ketones (excluding diaryl/α,β-unsaturated/α-hetero) is 1. The number of carbonyl (C=O) groups excluding carboxylic acids is 1. The standard InChI is InChI=1S/C15H15Cl2NO/c1-15(6-2-3-7-15)14(19)11(9-18)10-4-5-12(16)13(17)8-10/h4-5,8,11H,2-3,6-7H2,1H3. The molecule has 100 valence electrons. The van der Waals surface area contributed by atoms with Gasteiger partial charge in [0.2, 0.25) is 0 Å². The number of benzene rings is 1. The summed E-state index contributed by atoms with van der Waals surface area (Å²) in [6, 6.07) is 7.07. The van der Waals surface area contributed by atoms with Crippen LogP contribution < -0.4 is 0 Å². The molecule has 1 aliphatic rings. The van der Waals surface area contributed by atoms with E-state index in [1.165, 1.54) is 0 Å². The summed E-state index contributed by atoms with van der Waals surface area (Å²) in [5.41, 5.74) is 0.266. The fraction of sp³-hybridized carbons (Fsp3) is 0.467. The quantitative estimate of drug-likeness (QED) is 0.807. The summed E-state index contributed by atoms with van der Waals surface area (Å²) in [6.45, 7) is 1.96. The predicted octanol–water partition coefficient (Wildman–Crippen LogP) is 4.75. The first-order valence-corrected chi connectivity index (χ1v) is 7.12. The summed E-state index contributed by atoms with van der Waals surface area (Å²) >= 11 is 11.8. The Morgan fingerprint density at radius 1 is 1.32 bits per heavy atom. The highest BCUT2D eigenvalue weighted by Gasteiger charge is 2.40. The highest BCUT2D eigenvalue weighted by molar-refractivity contribution is 6.42. The Morgan fingerprint density at radius 3 is 2.47 bits per heavy atom. The Kier molecular flexibility index (Phi) is 4.18. The lowest BCUT2D eigenvalue weighted by Crippen LogP contribution is -2.29. The van der Waals surface area contributed by atoms with Crippen LogP contribution in [0.5, 0.6) is 0 Å². The molecule has 1 atom stereocenters. The zero-order valence-electron chi connectivity index (χ0n) is 10.7. The summed E-state index contributed by atoms with van der Waals surface area (Å²) in [6.07, 6.45) is 3.85. The van der Waals surface area contributed by atoms with Crippen molar-refractivity contribution in [3.63, 3.8) is 0 Å². The second-order valence-electron chi connectivity index (χ2n) is 5.37. The smallest absolute Gasteiger partial charge is 0.160 e. The molecule has 4 heteroatoms. The van der Waals surface area contributed by atoms with Crippen LogP contribution in [0, 0.1) is 16.7 Å². The van der Waals surface area contributed by atoms with Gasteiger partial charge >= 0.3 is 0 Å². The number of nitrogens with zero attached hydrogens (tertiary/aromatic N) is 1. The summed E-state index contributed by atoms with van der Waals surface area (Å²) in [5, 5.41) is 10.1. The van der Waals surface area contributed by atoms with Crippen molar-refractivity contribution in [2.45, 2.75) is 38.5 Å². The van der Waals surface area contributed by atoms with E-state index in [2.05, 4.69) is 6.07 Å². The summed E-state index contributed by atoms with van der Waals surface area (Å²) < 4.78 is 0. The minimum atomic E-state index is -0.752. The second-order valence-corrected chi connectivity index (χ2v) is 6.18. The normalized spacial score (nSPS) is 18.8. The highest BCUT2D eigenvalue weighted by atomic mass is 35.5.